The van der Waals surface area contributed by atoms with Gasteiger partial charge in [0.25, 0.3) is 0 Å². The lowest BCUT2D eigenvalue weighted by molar-refractivity contribution is -0.132. The largest absolute Gasteiger partial charge is 0.343 e. The lowest BCUT2D eigenvalue weighted by Crippen LogP contribution is -2.39. The van der Waals surface area contributed by atoms with Crippen molar-refractivity contribution in [1.82, 2.24) is 4.90 Å². The van der Waals surface area contributed by atoms with Gasteiger partial charge in [0, 0.05) is 19.5 Å². The molecule has 0 unspecified atom stereocenters. The van der Waals surface area contributed by atoms with Crippen LogP contribution in [0.5, 0.6) is 0 Å². The van der Waals surface area contributed by atoms with Gasteiger partial charge in [-0.1, -0.05) is 75.4 Å². The van der Waals surface area contributed by atoms with Gasteiger partial charge in [0.2, 0.25) is 5.91 Å². The summed E-state index contributed by atoms with van der Waals surface area (Å²) in [5.41, 5.74) is 4.20. The number of nitrogens with zero attached hydrogens (tertiary/aromatic N) is 1. The van der Waals surface area contributed by atoms with Gasteiger partial charge in [-0.3, -0.25) is 4.79 Å². The summed E-state index contributed by atoms with van der Waals surface area (Å²) in [6, 6.07) is 19.5. The smallest absolute Gasteiger partial charge is 0.222 e. The van der Waals surface area contributed by atoms with Crippen molar-refractivity contribution < 1.29 is 4.79 Å². The van der Waals surface area contributed by atoms with E-state index in [4.69, 9.17) is 0 Å². The first-order valence-electron chi connectivity index (χ1n) is 10.3. The van der Waals surface area contributed by atoms with Crippen LogP contribution in [0.15, 0.2) is 54.6 Å². The SMILES string of the molecule is CC(C)(C)c1ccc(CCC(=O)N2CCC(Cc3ccccc3)CC2)cc1. The molecule has 0 aromatic heterocycles. The number of carbonyl (C=O) groups is 1. The van der Waals surface area contributed by atoms with Crippen LogP contribution < -0.4 is 0 Å². The molecule has 1 fully saturated rings. The first-order valence-corrected chi connectivity index (χ1v) is 10.3. The maximum Gasteiger partial charge on any atom is 0.222 e. The molecule has 0 aliphatic carbocycles. The summed E-state index contributed by atoms with van der Waals surface area (Å²) in [7, 11) is 0. The Labute approximate surface area is 164 Å². The number of benzene rings is 2. The van der Waals surface area contributed by atoms with Gasteiger partial charge in [0.1, 0.15) is 0 Å². The molecule has 2 aromatic rings. The molecule has 1 saturated heterocycles. The predicted molar refractivity (Wildman–Crippen MR) is 113 cm³/mol. The van der Waals surface area contributed by atoms with E-state index in [1.165, 1.54) is 16.7 Å². The molecule has 1 aliphatic heterocycles. The fourth-order valence-electron chi connectivity index (χ4n) is 3.91. The summed E-state index contributed by atoms with van der Waals surface area (Å²) < 4.78 is 0. The van der Waals surface area contributed by atoms with Gasteiger partial charge in [-0.25, -0.2) is 0 Å². The molecular formula is C25H33NO. The van der Waals surface area contributed by atoms with Crippen LogP contribution in [0.3, 0.4) is 0 Å². The van der Waals surface area contributed by atoms with Gasteiger partial charge in [-0.2, -0.15) is 0 Å². The molecule has 2 aromatic carbocycles. The lowest BCUT2D eigenvalue weighted by atomic mass is 9.86. The van der Waals surface area contributed by atoms with Crippen LogP contribution in [0.25, 0.3) is 0 Å². The molecule has 1 amide bonds. The maximum absolute atomic E-state index is 12.6. The van der Waals surface area contributed by atoms with E-state index in [-0.39, 0.29) is 5.41 Å². The van der Waals surface area contributed by atoms with E-state index in [2.05, 4.69) is 80.3 Å². The fourth-order valence-corrected chi connectivity index (χ4v) is 3.91. The minimum Gasteiger partial charge on any atom is -0.343 e. The van der Waals surface area contributed by atoms with Crippen LogP contribution in [0.4, 0.5) is 0 Å². The highest BCUT2D eigenvalue weighted by molar-refractivity contribution is 5.76. The zero-order valence-electron chi connectivity index (χ0n) is 17.1. The molecule has 2 nitrogen and oxygen atoms in total. The first-order chi connectivity index (χ1) is 12.9. The highest BCUT2D eigenvalue weighted by Crippen LogP contribution is 2.24. The summed E-state index contributed by atoms with van der Waals surface area (Å²) >= 11 is 0. The molecule has 1 aliphatic rings. The van der Waals surface area contributed by atoms with Crippen molar-refractivity contribution in [3.63, 3.8) is 0 Å². The Balaban J connectivity index is 1.43. The molecule has 3 rings (SSSR count). The number of carbonyl (C=O) groups excluding carboxylic acids is 1. The van der Waals surface area contributed by atoms with Crippen LogP contribution in [0.1, 0.15) is 56.7 Å². The van der Waals surface area contributed by atoms with Crippen LogP contribution >= 0.6 is 0 Å². The molecule has 0 bridgehead atoms. The second-order valence-electron chi connectivity index (χ2n) is 8.96. The highest BCUT2D eigenvalue weighted by Gasteiger charge is 2.22. The van der Waals surface area contributed by atoms with Gasteiger partial charge in [0.05, 0.1) is 0 Å². The van der Waals surface area contributed by atoms with Crippen molar-refractivity contribution in [2.45, 2.75) is 58.3 Å². The number of hydrogen-bond donors (Lipinski definition) is 0. The molecule has 0 N–H and O–H groups in total. The third-order valence-electron chi connectivity index (χ3n) is 5.78. The summed E-state index contributed by atoms with van der Waals surface area (Å²) in [6.07, 6.45) is 4.86. The number of likely N-dealkylation sites (tertiary alicyclic amines) is 1. The molecule has 0 spiro atoms. The zero-order chi connectivity index (χ0) is 19.3. The van der Waals surface area contributed by atoms with Gasteiger partial charge in [-0.05, 0) is 53.7 Å². The molecule has 2 heteroatoms. The third-order valence-corrected chi connectivity index (χ3v) is 5.78. The molecule has 0 radical (unpaired) electrons. The molecular weight excluding hydrogens is 330 g/mol. The van der Waals surface area contributed by atoms with Crippen molar-refractivity contribution in [2.24, 2.45) is 5.92 Å². The summed E-state index contributed by atoms with van der Waals surface area (Å²) in [5, 5.41) is 0. The van der Waals surface area contributed by atoms with E-state index < -0.39 is 0 Å². The topological polar surface area (TPSA) is 20.3 Å². The standard InChI is InChI=1S/C25H33NO/c1-25(2,3)23-12-9-20(10-13-23)11-14-24(27)26-17-15-22(16-18-26)19-21-7-5-4-6-8-21/h4-10,12-13,22H,11,14-19H2,1-3H3. The second-order valence-corrected chi connectivity index (χ2v) is 8.96. The van der Waals surface area contributed by atoms with E-state index in [1.54, 1.807) is 0 Å². The van der Waals surface area contributed by atoms with Crippen LogP contribution in [-0.2, 0) is 23.1 Å². The Morgan fingerprint density at radius 3 is 2.15 bits per heavy atom. The minimum atomic E-state index is 0.179. The van der Waals surface area contributed by atoms with E-state index in [9.17, 15) is 4.79 Å². The Bertz CT molecular complexity index is 719. The van der Waals surface area contributed by atoms with Gasteiger partial charge in [-0.15, -0.1) is 0 Å². The fraction of sp³-hybridized carbons (Fsp3) is 0.480. The van der Waals surface area contributed by atoms with Gasteiger partial charge < -0.3 is 4.90 Å². The van der Waals surface area contributed by atoms with Gasteiger partial charge in [0.15, 0.2) is 0 Å². The Hall–Kier alpha value is -2.09. The Morgan fingerprint density at radius 1 is 0.926 bits per heavy atom. The summed E-state index contributed by atoms with van der Waals surface area (Å²) in [6.45, 7) is 8.52. The third kappa shape index (κ3) is 5.69. The number of hydrogen-bond acceptors (Lipinski definition) is 1. The van der Waals surface area contributed by atoms with Crippen molar-refractivity contribution in [3.05, 3.63) is 71.3 Å². The van der Waals surface area contributed by atoms with Crippen molar-refractivity contribution in [3.8, 4) is 0 Å². The van der Waals surface area contributed by atoms with Crippen LogP contribution in [0.2, 0.25) is 0 Å². The average Bonchev–Trinajstić information content (AvgIpc) is 2.67. The number of aryl methyl sites for hydroxylation is 1. The quantitative estimate of drug-likeness (QED) is 0.697. The number of rotatable bonds is 5. The number of piperidine rings is 1. The Morgan fingerprint density at radius 2 is 1.56 bits per heavy atom. The predicted octanol–water partition coefficient (Wildman–Crippen LogP) is 5.40. The van der Waals surface area contributed by atoms with E-state index in [0.717, 1.165) is 38.8 Å². The molecule has 1 heterocycles. The molecule has 0 atom stereocenters. The second kappa shape index (κ2) is 8.73. The van der Waals surface area contributed by atoms with E-state index in [1.807, 2.05) is 0 Å². The maximum atomic E-state index is 12.6. The summed E-state index contributed by atoms with van der Waals surface area (Å²) in [4.78, 5) is 14.7. The van der Waals surface area contributed by atoms with Crippen molar-refractivity contribution in [1.29, 1.82) is 0 Å². The monoisotopic (exact) mass is 363 g/mol. The highest BCUT2D eigenvalue weighted by atomic mass is 16.2. The number of amides is 1. The van der Waals surface area contributed by atoms with Crippen LogP contribution in [0, 0.1) is 5.92 Å². The normalized spacial score (nSPS) is 15.7. The lowest BCUT2D eigenvalue weighted by Gasteiger charge is -2.32. The molecule has 27 heavy (non-hydrogen) atoms. The van der Waals surface area contributed by atoms with Crippen molar-refractivity contribution in [2.75, 3.05) is 13.1 Å². The van der Waals surface area contributed by atoms with Crippen LogP contribution in [-0.4, -0.2) is 23.9 Å². The Kier molecular flexibility index (Phi) is 6.36. The zero-order valence-corrected chi connectivity index (χ0v) is 17.1. The minimum absolute atomic E-state index is 0.179. The molecule has 144 valence electrons. The first kappa shape index (κ1) is 19.7. The van der Waals surface area contributed by atoms with Crippen molar-refractivity contribution >= 4 is 5.91 Å². The van der Waals surface area contributed by atoms with E-state index >= 15 is 0 Å². The van der Waals surface area contributed by atoms with E-state index in [0.29, 0.717) is 18.2 Å². The molecule has 0 saturated carbocycles. The van der Waals surface area contributed by atoms with Gasteiger partial charge >= 0.3 is 0 Å². The summed E-state index contributed by atoms with van der Waals surface area (Å²) in [5.74, 6) is 1.02. The average molecular weight is 364 g/mol.